The normalized spacial score (nSPS) is 11.2. The first kappa shape index (κ1) is 17.2. The lowest BCUT2D eigenvalue weighted by Crippen LogP contribution is -2.06. The molecule has 9 heteroatoms. The molecule has 130 valence electrons. The van der Waals surface area contributed by atoms with E-state index in [1.807, 2.05) is 32.0 Å². The number of ether oxygens (including phenoxy) is 2. The molecule has 0 aliphatic rings. The van der Waals surface area contributed by atoms with Crippen LogP contribution in [0.1, 0.15) is 17.0 Å². The van der Waals surface area contributed by atoms with Crippen molar-refractivity contribution >= 4 is 22.1 Å². The van der Waals surface area contributed by atoms with Gasteiger partial charge in [0, 0.05) is 11.3 Å². The molecule has 25 heavy (non-hydrogen) atoms. The Morgan fingerprint density at radius 3 is 2.52 bits per heavy atom. The number of halogens is 1. The van der Waals surface area contributed by atoms with Gasteiger partial charge in [-0.1, -0.05) is 0 Å². The molecule has 0 atom stereocenters. The monoisotopic (exact) mass is 404 g/mol. The molecule has 0 N–H and O–H groups in total. The third-order valence-corrected chi connectivity index (χ3v) is 4.16. The van der Waals surface area contributed by atoms with E-state index in [4.69, 9.17) is 9.47 Å². The minimum atomic E-state index is 0.505. The van der Waals surface area contributed by atoms with Crippen LogP contribution in [0.3, 0.4) is 0 Å². The lowest BCUT2D eigenvalue weighted by atomic mass is 10.2. The number of nitrogens with zero attached hydrogens (tertiary/aromatic N) is 6. The zero-order valence-corrected chi connectivity index (χ0v) is 15.9. The van der Waals surface area contributed by atoms with Crippen LogP contribution in [-0.4, -0.2) is 45.1 Å². The van der Waals surface area contributed by atoms with E-state index < -0.39 is 0 Å². The molecule has 0 fully saturated rings. The average Bonchev–Trinajstić information content (AvgIpc) is 3.18. The first-order valence-electron chi connectivity index (χ1n) is 7.43. The van der Waals surface area contributed by atoms with Gasteiger partial charge in [-0.05, 0) is 48.0 Å². The highest BCUT2D eigenvalue weighted by Gasteiger charge is 2.12. The lowest BCUT2D eigenvalue weighted by molar-refractivity contribution is 0.400. The maximum absolute atomic E-state index is 5.40. The van der Waals surface area contributed by atoms with Crippen molar-refractivity contribution in [1.29, 1.82) is 0 Å². The van der Waals surface area contributed by atoms with E-state index in [0.29, 0.717) is 17.4 Å². The van der Waals surface area contributed by atoms with Gasteiger partial charge in [0.25, 0.3) is 5.95 Å². The van der Waals surface area contributed by atoms with Crippen molar-refractivity contribution in [3.05, 3.63) is 46.0 Å². The second-order valence-electron chi connectivity index (χ2n) is 5.29. The number of hydrogen-bond acceptors (Lipinski definition) is 6. The van der Waals surface area contributed by atoms with Crippen LogP contribution in [0.4, 0.5) is 0 Å². The summed E-state index contributed by atoms with van der Waals surface area (Å²) in [7, 11) is 3.21. The highest BCUT2D eigenvalue weighted by atomic mass is 79.9. The SMILES string of the molecule is COc1cc(C=Nn2cnnc2-n2nc(C)cc2C)c(OC)cc1Br. The zero-order chi connectivity index (χ0) is 18.0. The second kappa shape index (κ2) is 7.06. The van der Waals surface area contributed by atoms with Crippen molar-refractivity contribution in [3.63, 3.8) is 0 Å². The Kier molecular flexibility index (Phi) is 4.84. The minimum Gasteiger partial charge on any atom is -0.496 e. The van der Waals surface area contributed by atoms with Gasteiger partial charge >= 0.3 is 0 Å². The largest absolute Gasteiger partial charge is 0.496 e. The Labute approximate surface area is 153 Å². The van der Waals surface area contributed by atoms with Crippen molar-refractivity contribution in [3.8, 4) is 17.4 Å². The number of hydrogen-bond donors (Lipinski definition) is 0. The van der Waals surface area contributed by atoms with E-state index >= 15 is 0 Å². The van der Waals surface area contributed by atoms with Crippen LogP contribution in [0.25, 0.3) is 5.95 Å². The molecule has 0 bridgehead atoms. The number of aryl methyl sites for hydroxylation is 2. The molecule has 3 aromatic rings. The van der Waals surface area contributed by atoms with Crippen LogP contribution in [-0.2, 0) is 0 Å². The van der Waals surface area contributed by atoms with Crippen LogP contribution in [0.5, 0.6) is 11.5 Å². The van der Waals surface area contributed by atoms with Crippen LogP contribution in [0.2, 0.25) is 0 Å². The molecular weight excluding hydrogens is 388 g/mol. The van der Waals surface area contributed by atoms with E-state index in [1.165, 1.54) is 6.33 Å². The predicted octanol–water partition coefficient (Wildman–Crippen LogP) is 2.74. The summed E-state index contributed by atoms with van der Waals surface area (Å²) >= 11 is 3.44. The average molecular weight is 405 g/mol. The van der Waals surface area contributed by atoms with Crippen LogP contribution < -0.4 is 9.47 Å². The van der Waals surface area contributed by atoms with E-state index in [0.717, 1.165) is 21.4 Å². The molecule has 0 saturated heterocycles. The van der Waals surface area contributed by atoms with Gasteiger partial charge in [-0.25, -0.2) is 4.68 Å². The molecule has 2 heterocycles. The smallest absolute Gasteiger partial charge is 0.273 e. The molecule has 0 saturated carbocycles. The van der Waals surface area contributed by atoms with Crippen molar-refractivity contribution in [2.24, 2.45) is 5.10 Å². The van der Waals surface area contributed by atoms with Crippen LogP contribution >= 0.6 is 15.9 Å². The fourth-order valence-corrected chi connectivity index (χ4v) is 2.87. The van der Waals surface area contributed by atoms with Crippen molar-refractivity contribution in [1.82, 2.24) is 24.7 Å². The Morgan fingerprint density at radius 2 is 1.88 bits per heavy atom. The first-order valence-corrected chi connectivity index (χ1v) is 8.22. The molecule has 1 aromatic carbocycles. The molecule has 3 rings (SSSR count). The zero-order valence-electron chi connectivity index (χ0n) is 14.3. The lowest BCUT2D eigenvalue weighted by Gasteiger charge is -2.09. The summed E-state index contributed by atoms with van der Waals surface area (Å²) < 4.78 is 14.8. The van der Waals surface area contributed by atoms with Gasteiger partial charge in [0.15, 0.2) is 0 Å². The van der Waals surface area contributed by atoms with Crippen molar-refractivity contribution in [2.45, 2.75) is 13.8 Å². The fourth-order valence-electron chi connectivity index (χ4n) is 2.39. The molecule has 0 unspecified atom stereocenters. The molecule has 0 aliphatic heterocycles. The summed E-state index contributed by atoms with van der Waals surface area (Å²) in [5, 5.41) is 16.9. The van der Waals surface area contributed by atoms with E-state index in [1.54, 1.807) is 29.8 Å². The van der Waals surface area contributed by atoms with Gasteiger partial charge in [-0.2, -0.15) is 14.9 Å². The Hall–Kier alpha value is -2.68. The van der Waals surface area contributed by atoms with Gasteiger partial charge in [0.1, 0.15) is 17.8 Å². The summed E-state index contributed by atoms with van der Waals surface area (Å²) in [5.41, 5.74) is 2.61. The Balaban J connectivity index is 1.99. The number of methoxy groups -OCH3 is 2. The van der Waals surface area contributed by atoms with Gasteiger partial charge in [0.2, 0.25) is 0 Å². The first-order chi connectivity index (χ1) is 12.0. The number of aromatic nitrogens is 5. The Bertz CT molecular complexity index is 931. The van der Waals surface area contributed by atoms with Gasteiger partial charge in [-0.3, -0.25) is 0 Å². The molecule has 0 radical (unpaired) electrons. The maximum Gasteiger partial charge on any atom is 0.273 e. The molecular formula is C16H17BrN6O2. The molecule has 0 spiro atoms. The third kappa shape index (κ3) is 3.41. The summed E-state index contributed by atoms with van der Waals surface area (Å²) in [6.45, 7) is 3.87. The third-order valence-electron chi connectivity index (χ3n) is 3.54. The number of rotatable bonds is 5. The van der Waals surface area contributed by atoms with Crippen LogP contribution in [0, 0.1) is 13.8 Å². The van der Waals surface area contributed by atoms with E-state index in [-0.39, 0.29) is 0 Å². The van der Waals surface area contributed by atoms with Gasteiger partial charge < -0.3 is 9.47 Å². The highest BCUT2D eigenvalue weighted by Crippen LogP contribution is 2.31. The quantitative estimate of drug-likeness (QED) is 0.610. The van der Waals surface area contributed by atoms with Crippen molar-refractivity contribution in [2.75, 3.05) is 14.2 Å². The standard InChI is InChI=1S/C16H17BrN6O2/c1-10-5-11(2)23(21-10)16-20-18-9-22(16)19-8-12-6-15(25-4)13(17)7-14(12)24-3/h5-9H,1-4H3. The summed E-state index contributed by atoms with van der Waals surface area (Å²) in [6.07, 6.45) is 3.18. The molecule has 0 amide bonds. The summed E-state index contributed by atoms with van der Waals surface area (Å²) in [5.74, 6) is 1.85. The molecule has 8 nitrogen and oxygen atoms in total. The maximum atomic E-state index is 5.40. The summed E-state index contributed by atoms with van der Waals surface area (Å²) in [6, 6.07) is 5.62. The summed E-state index contributed by atoms with van der Waals surface area (Å²) in [4.78, 5) is 0. The van der Waals surface area contributed by atoms with Crippen molar-refractivity contribution < 1.29 is 9.47 Å². The molecule has 0 aliphatic carbocycles. The second-order valence-corrected chi connectivity index (χ2v) is 6.14. The fraction of sp³-hybridized carbons (Fsp3) is 0.250. The molecule has 2 aromatic heterocycles. The topological polar surface area (TPSA) is 79.4 Å². The van der Waals surface area contributed by atoms with Gasteiger partial charge in [-0.15, -0.1) is 10.2 Å². The van der Waals surface area contributed by atoms with E-state index in [2.05, 4.69) is 36.3 Å². The Morgan fingerprint density at radius 1 is 1.12 bits per heavy atom. The number of benzene rings is 1. The minimum absolute atomic E-state index is 0.505. The highest BCUT2D eigenvalue weighted by molar-refractivity contribution is 9.10. The van der Waals surface area contributed by atoms with Gasteiger partial charge in [0.05, 0.1) is 30.6 Å². The van der Waals surface area contributed by atoms with E-state index in [9.17, 15) is 0 Å². The predicted molar refractivity (Wildman–Crippen MR) is 96.9 cm³/mol. The van der Waals surface area contributed by atoms with Crippen LogP contribution in [0.15, 0.2) is 34.1 Å².